The first-order valence-corrected chi connectivity index (χ1v) is 5.08. The maximum atomic E-state index is 5.44. The number of hydrogen-bond donors (Lipinski definition) is 0. The molecule has 1 heteroatoms. The van der Waals surface area contributed by atoms with Crippen molar-refractivity contribution >= 4 is 0 Å². The van der Waals surface area contributed by atoms with E-state index >= 15 is 0 Å². The molecule has 2 unspecified atom stereocenters. The fourth-order valence-corrected chi connectivity index (χ4v) is 1.79. The van der Waals surface area contributed by atoms with Crippen molar-refractivity contribution in [1.82, 2.24) is 0 Å². The molecule has 74 valence electrons. The molecule has 0 saturated carbocycles. The maximum absolute atomic E-state index is 5.44. The van der Waals surface area contributed by atoms with Crippen LogP contribution in [0.3, 0.4) is 0 Å². The largest absolute Gasteiger partial charge is 0.497 e. The summed E-state index contributed by atoms with van der Waals surface area (Å²) in [5.74, 6) is 2.30. The lowest BCUT2D eigenvalue weighted by Gasteiger charge is -2.14. The van der Waals surface area contributed by atoms with Gasteiger partial charge in [-0.25, -0.2) is 0 Å². The minimum atomic E-state index is 0.555. The van der Waals surface area contributed by atoms with Crippen LogP contribution < -0.4 is 0 Å². The molecule has 1 nitrogen and oxygen atoms in total. The molecule has 0 radical (unpaired) electrons. The first-order valence-electron chi connectivity index (χ1n) is 5.08. The molecule has 0 aromatic heterocycles. The summed E-state index contributed by atoms with van der Waals surface area (Å²) in [5.41, 5.74) is 2.77. The van der Waals surface area contributed by atoms with Gasteiger partial charge < -0.3 is 4.74 Å². The van der Waals surface area contributed by atoms with Gasteiger partial charge >= 0.3 is 0 Å². The molecule has 0 aliphatic heterocycles. The van der Waals surface area contributed by atoms with Crippen molar-refractivity contribution in [1.29, 1.82) is 0 Å². The molecule has 0 N–H and O–H groups in total. The van der Waals surface area contributed by atoms with Crippen LogP contribution in [-0.2, 0) is 4.74 Å². The Labute approximate surface area is 81.5 Å². The van der Waals surface area contributed by atoms with E-state index in [1.165, 1.54) is 17.6 Å². The third kappa shape index (κ3) is 1.79. The number of rotatable bonds is 3. The topological polar surface area (TPSA) is 9.23 Å². The molecule has 0 amide bonds. The van der Waals surface area contributed by atoms with Crippen LogP contribution in [0.2, 0.25) is 0 Å². The predicted octanol–water partition coefficient (Wildman–Crippen LogP) is 3.53. The van der Waals surface area contributed by atoms with Gasteiger partial charge in [0.25, 0.3) is 0 Å². The number of methoxy groups -OCH3 is 1. The Balaban J connectivity index is 2.93. The summed E-state index contributed by atoms with van der Waals surface area (Å²) in [6.45, 7) is 8.87. The van der Waals surface area contributed by atoms with E-state index in [0.29, 0.717) is 11.8 Å². The third-order valence-corrected chi connectivity index (χ3v) is 3.08. The minimum absolute atomic E-state index is 0.555. The van der Waals surface area contributed by atoms with Crippen LogP contribution in [0, 0.1) is 11.8 Å². The van der Waals surface area contributed by atoms with E-state index in [2.05, 4.69) is 33.8 Å². The molecular formula is C12H20O. The van der Waals surface area contributed by atoms with Crippen LogP contribution in [0.25, 0.3) is 0 Å². The molecule has 0 bridgehead atoms. The van der Waals surface area contributed by atoms with Crippen molar-refractivity contribution in [3.05, 3.63) is 23.0 Å². The van der Waals surface area contributed by atoms with E-state index in [-0.39, 0.29) is 0 Å². The summed E-state index contributed by atoms with van der Waals surface area (Å²) in [6, 6.07) is 0. The summed E-state index contributed by atoms with van der Waals surface area (Å²) < 4.78 is 5.44. The summed E-state index contributed by atoms with van der Waals surface area (Å²) in [7, 11) is 1.77. The molecular weight excluding hydrogens is 160 g/mol. The molecule has 1 rings (SSSR count). The van der Waals surface area contributed by atoms with Gasteiger partial charge in [0.2, 0.25) is 0 Å². The second-order valence-corrected chi connectivity index (χ2v) is 3.94. The Kier molecular flexibility index (Phi) is 3.18. The molecule has 0 fully saturated rings. The smallest absolute Gasteiger partial charge is 0.121 e. The van der Waals surface area contributed by atoms with Crippen LogP contribution in [-0.4, -0.2) is 7.11 Å². The second-order valence-electron chi connectivity index (χ2n) is 3.94. The van der Waals surface area contributed by atoms with Crippen LogP contribution in [0.15, 0.2) is 23.0 Å². The van der Waals surface area contributed by atoms with Gasteiger partial charge in [0.1, 0.15) is 5.76 Å². The van der Waals surface area contributed by atoms with E-state index in [1.807, 2.05) is 0 Å². The highest BCUT2D eigenvalue weighted by Gasteiger charge is 2.23. The Morgan fingerprint density at radius 1 is 1.54 bits per heavy atom. The maximum Gasteiger partial charge on any atom is 0.121 e. The van der Waals surface area contributed by atoms with Gasteiger partial charge in [-0.1, -0.05) is 26.8 Å². The zero-order chi connectivity index (χ0) is 10.0. The van der Waals surface area contributed by atoms with Gasteiger partial charge in [-0.05, 0) is 36.3 Å². The van der Waals surface area contributed by atoms with Crippen molar-refractivity contribution in [2.45, 2.75) is 34.1 Å². The fourth-order valence-electron chi connectivity index (χ4n) is 1.79. The molecule has 1 aliphatic rings. The normalized spacial score (nSPS) is 24.7. The fraction of sp³-hybridized carbons (Fsp3) is 0.667. The molecule has 0 saturated heterocycles. The zero-order valence-electron chi connectivity index (χ0n) is 9.35. The lowest BCUT2D eigenvalue weighted by molar-refractivity contribution is 0.289. The van der Waals surface area contributed by atoms with E-state index in [0.717, 1.165) is 5.76 Å². The van der Waals surface area contributed by atoms with Crippen LogP contribution >= 0.6 is 0 Å². The van der Waals surface area contributed by atoms with Crippen LogP contribution in [0.1, 0.15) is 34.1 Å². The van der Waals surface area contributed by atoms with Crippen molar-refractivity contribution in [2.24, 2.45) is 11.8 Å². The average molecular weight is 180 g/mol. The van der Waals surface area contributed by atoms with Gasteiger partial charge in [0, 0.05) is 0 Å². The van der Waals surface area contributed by atoms with Gasteiger partial charge in [-0.15, -0.1) is 0 Å². The van der Waals surface area contributed by atoms with Crippen molar-refractivity contribution in [2.75, 3.05) is 7.11 Å². The van der Waals surface area contributed by atoms with E-state index in [1.54, 1.807) is 7.11 Å². The van der Waals surface area contributed by atoms with Gasteiger partial charge in [-0.3, -0.25) is 0 Å². The molecule has 1 aliphatic carbocycles. The molecule has 0 aromatic carbocycles. The highest BCUT2D eigenvalue weighted by atomic mass is 16.5. The zero-order valence-corrected chi connectivity index (χ0v) is 9.35. The average Bonchev–Trinajstić information content (AvgIpc) is 2.42. The Morgan fingerprint density at radius 3 is 2.62 bits per heavy atom. The molecule has 0 heterocycles. The van der Waals surface area contributed by atoms with Crippen molar-refractivity contribution in [3.63, 3.8) is 0 Å². The summed E-state index contributed by atoms with van der Waals surface area (Å²) in [5, 5.41) is 0. The number of hydrogen-bond acceptors (Lipinski definition) is 1. The SMILES string of the molecule is CCC(C)C1=CC(C)C(C)=C1OC. The number of allylic oxidation sites excluding steroid dienone is 3. The quantitative estimate of drug-likeness (QED) is 0.645. The van der Waals surface area contributed by atoms with Gasteiger partial charge in [-0.2, -0.15) is 0 Å². The van der Waals surface area contributed by atoms with E-state index in [9.17, 15) is 0 Å². The highest BCUT2D eigenvalue weighted by molar-refractivity contribution is 5.41. The Morgan fingerprint density at radius 2 is 2.15 bits per heavy atom. The summed E-state index contributed by atoms with van der Waals surface area (Å²) in [4.78, 5) is 0. The second kappa shape index (κ2) is 3.99. The first-order chi connectivity index (χ1) is 6.11. The Hall–Kier alpha value is -0.720. The van der Waals surface area contributed by atoms with Crippen LogP contribution in [0.5, 0.6) is 0 Å². The molecule has 0 aromatic rings. The molecule has 2 atom stereocenters. The summed E-state index contributed by atoms with van der Waals surface area (Å²) >= 11 is 0. The number of ether oxygens (including phenoxy) is 1. The first kappa shape index (κ1) is 10.4. The minimum Gasteiger partial charge on any atom is -0.497 e. The van der Waals surface area contributed by atoms with Crippen LogP contribution in [0.4, 0.5) is 0 Å². The Bertz CT molecular complexity index is 248. The highest BCUT2D eigenvalue weighted by Crippen LogP contribution is 2.36. The lowest BCUT2D eigenvalue weighted by Crippen LogP contribution is -2.01. The van der Waals surface area contributed by atoms with E-state index in [4.69, 9.17) is 4.74 Å². The summed E-state index contributed by atoms with van der Waals surface area (Å²) in [6.07, 6.45) is 3.51. The third-order valence-electron chi connectivity index (χ3n) is 3.08. The predicted molar refractivity (Wildman–Crippen MR) is 56.4 cm³/mol. The standard InChI is InChI=1S/C12H20O/c1-6-8(2)11-7-9(3)10(4)12(11)13-5/h7-9H,6H2,1-5H3. The van der Waals surface area contributed by atoms with Crippen molar-refractivity contribution in [3.8, 4) is 0 Å². The van der Waals surface area contributed by atoms with E-state index < -0.39 is 0 Å². The van der Waals surface area contributed by atoms with Crippen molar-refractivity contribution < 1.29 is 4.74 Å². The van der Waals surface area contributed by atoms with Gasteiger partial charge in [0.05, 0.1) is 7.11 Å². The molecule has 0 spiro atoms. The monoisotopic (exact) mass is 180 g/mol. The van der Waals surface area contributed by atoms with Gasteiger partial charge in [0.15, 0.2) is 0 Å². The lowest BCUT2D eigenvalue weighted by atomic mass is 9.98. The molecule has 13 heavy (non-hydrogen) atoms.